The molecule has 1 aromatic carbocycles. The van der Waals surface area contributed by atoms with Crippen LogP contribution in [0.2, 0.25) is 39.3 Å². The average Bonchev–Trinajstić information content (AvgIpc) is 3.23. The lowest BCUT2D eigenvalue weighted by atomic mass is 9.73. The molecule has 70 heavy (non-hydrogen) atoms. The van der Waals surface area contributed by atoms with Crippen LogP contribution in [-0.2, 0) is 52.1 Å². The maximum Gasteiger partial charge on any atom is 0.311 e. The Morgan fingerprint density at radius 1 is 0.857 bits per heavy atom. The summed E-state index contributed by atoms with van der Waals surface area (Å²) in [7, 11) is -2.99. The Morgan fingerprint density at radius 2 is 1.44 bits per heavy atom. The normalized spacial score (nSPS) is 40.7. The summed E-state index contributed by atoms with van der Waals surface area (Å²) in [5.41, 5.74) is -3.77. The highest BCUT2D eigenvalue weighted by atomic mass is 32.2. The standard InChI is InChI=1S/C50H91N3O14SSi2/c1-21-38-50(11,57)43(54)32(5)40(51-52-68(58,59)36-24-22-29(2)23-25-36)30(3)27-48(9,56)44(65-47-42(66-69(15,16)17)37(53(12)13)26-31(4)61-47)33(6)41(34(7)46(55)63-38)64-39-28-49(10,60-14)45(35(8)62-39)67-70(18,19)20/h22-25,30-35,37-39,41-45,47,52,54,56-57H,21,26-28H2,1-20H3/b51-40-/t30-,31+,32+,33+,34-,35+,37-,38-,39+,41+,42+,43-,44-,45+,47-,48-,49-,50-/m1/s1. The molecule has 0 aromatic heterocycles. The van der Waals surface area contributed by atoms with Gasteiger partial charge in [-0.3, -0.25) is 4.79 Å². The second-order valence-electron chi connectivity index (χ2n) is 23.4. The fourth-order valence-corrected chi connectivity index (χ4v) is 13.7. The van der Waals surface area contributed by atoms with E-state index in [1.165, 1.54) is 19.1 Å². The molecule has 3 fully saturated rings. The molecule has 0 spiro atoms. The summed E-state index contributed by atoms with van der Waals surface area (Å²) in [4.78, 5) is 19.2. The van der Waals surface area contributed by atoms with Crippen molar-refractivity contribution in [3.63, 3.8) is 0 Å². The predicted octanol–water partition coefficient (Wildman–Crippen LogP) is 6.58. The van der Waals surface area contributed by atoms with Gasteiger partial charge in [0.2, 0.25) is 0 Å². The Hall–Kier alpha value is -1.90. The van der Waals surface area contributed by atoms with Gasteiger partial charge in [0.15, 0.2) is 29.2 Å². The fraction of sp³-hybridized carbons (Fsp3) is 0.840. The summed E-state index contributed by atoms with van der Waals surface area (Å²) in [6.07, 6.45) is -8.00. The van der Waals surface area contributed by atoms with Crippen LogP contribution >= 0.6 is 0 Å². The molecule has 4 rings (SSSR count). The van der Waals surface area contributed by atoms with E-state index < -0.39 is 128 Å². The number of aliphatic hydroxyl groups excluding tert-OH is 1. The van der Waals surface area contributed by atoms with E-state index in [1.807, 2.05) is 48.7 Å². The van der Waals surface area contributed by atoms with Crippen LogP contribution in [0.15, 0.2) is 34.3 Å². The minimum Gasteiger partial charge on any atom is -0.459 e. The summed E-state index contributed by atoms with van der Waals surface area (Å²) in [6.45, 7) is 31.9. The summed E-state index contributed by atoms with van der Waals surface area (Å²) in [6, 6.07) is 6.15. The van der Waals surface area contributed by atoms with Crippen molar-refractivity contribution in [2.75, 3.05) is 21.2 Å². The number of benzene rings is 1. The van der Waals surface area contributed by atoms with Crippen molar-refractivity contribution in [1.82, 2.24) is 9.73 Å². The molecule has 0 bridgehead atoms. The molecular formula is C50H91N3O14SSi2. The predicted molar refractivity (Wildman–Crippen MR) is 275 cm³/mol. The lowest BCUT2D eigenvalue weighted by Crippen LogP contribution is -2.62. The fourth-order valence-electron chi connectivity index (χ4n) is 10.6. The van der Waals surface area contributed by atoms with Crippen molar-refractivity contribution in [3.8, 4) is 0 Å². The number of ether oxygens (including phenoxy) is 6. The molecule has 20 heteroatoms. The molecule has 18 atom stereocenters. The van der Waals surface area contributed by atoms with E-state index in [0.717, 1.165) is 5.56 Å². The Morgan fingerprint density at radius 3 is 1.97 bits per heavy atom. The Balaban J connectivity index is 1.97. The Bertz CT molecular complexity index is 2010. The third kappa shape index (κ3) is 14.9. The van der Waals surface area contributed by atoms with Gasteiger partial charge in [0.1, 0.15) is 17.8 Å². The molecular weight excluding hydrogens is 955 g/mol. The molecule has 4 N–H and O–H groups in total. The molecule has 17 nitrogen and oxygen atoms in total. The molecule has 404 valence electrons. The van der Waals surface area contributed by atoms with Crippen LogP contribution in [0.5, 0.6) is 0 Å². The zero-order valence-electron chi connectivity index (χ0n) is 45.9. The van der Waals surface area contributed by atoms with Crippen LogP contribution in [0.1, 0.15) is 100 Å². The van der Waals surface area contributed by atoms with Crippen LogP contribution < -0.4 is 4.83 Å². The van der Waals surface area contributed by atoms with E-state index >= 15 is 0 Å². The number of sulfonamides is 1. The molecule has 3 heterocycles. The second kappa shape index (κ2) is 23.3. The number of likely N-dealkylation sites (N-methyl/N-ethyl adjacent to an activating group) is 1. The van der Waals surface area contributed by atoms with Gasteiger partial charge in [-0.05, 0) is 139 Å². The number of hydrogen-bond acceptors (Lipinski definition) is 16. The van der Waals surface area contributed by atoms with E-state index in [4.69, 9.17) is 37.3 Å². The molecule has 1 aromatic rings. The van der Waals surface area contributed by atoms with Gasteiger partial charge in [-0.15, -0.1) is 0 Å². The minimum absolute atomic E-state index is 0.0299. The quantitative estimate of drug-likeness (QED) is 0.0881. The number of methoxy groups -OCH3 is 1. The maximum atomic E-state index is 14.8. The van der Waals surface area contributed by atoms with Gasteiger partial charge in [0.25, 0.3) is 10.0 Å². The summed E-state index contributed by atoms with van der Waals surface area (Å²) >= 11 is 0. The highest BCUT2D eigenvalue weighted by molar-refractivity contribution is 7.89. The number of rotatable bonds is 14. The van der Waals surface area contributed by atoms with Crippen LogP contribution in [0, 0.1) is 30.6 Å². The van der Waals surface area contributed by atoms with E-state index in [0.29, 0.717) is 6.42 Å². The first-order valence-corrected chi connectivity index (χ1v) is 33.5. The number of cyclic esters (lactones) is 1. The molecule has 0 aliphatic carbocycles. The lowest BCUT2D eigenvalue weighted by molar-refractivity contribution is -0.315. The number of carbonyl (C=O) groups excluding carboxylic acids is 1. The highest BCUT2D eigenvalue weighted by Crippen LogP contribution is 2.42. The number of hydrazone groups is 1. The first-order valence-electron chi connectivity index (χ1n) is 25.2. The zero-order valence-corrected chi connectivity index (χ0v) is 48.7. The highest BCUT2D eigenvalue weighted by Gasteiger charge is 2.54. The van der Waals surface area contributed by atoms with Gasteiger partial charge in [-0.2, -0.15) is 13.5 Å². The van der Waals surface area contributed by atoms with Gasteiger partial charge in [-0.25, -0.2) is 4.83 Å². The van der Waals surface area contributed by atoms with Crippen LogP contribution in [-0.4, -0.2) is 162 Å². The van der Waals surface area contributed by atoms with Crippen molar-refractivity contribution in [1.29, 1.82) is 0 Å². The topological polar surface area (TPSA) is 213 Å². The minimum atomic E-state index is -4.23. The average molecular weight is 1050 g/mol. The van der Waals surface area contributed by atoms with Crippen molar-refractivity contribution < 1.29 is 65.8 Å². The van der Waals surface area contributed by atoms with Crippen LogP contribution in [0.3, 0.4) is 0 Å². The zero-order chi connectivity index (χ0) is 53.3. The van der Waals surface area contributed by atoms with E-state index in [9.17, 15) is 28.5 Å². The number of esters is 1. The Labute approximate surface area is 422 Å². The molecule has 0 amide bonds. The molecule has 3 saturated heterocycles. The monoisotopic (exact) mass is 1050 g/mol. The number of nitrogens with one attached hydrogen (secondary N) is 1. The number of aliphatic hydroxyl groups is 3. The number of hydrogen-bond donors (Lipinski definition) is 4. The largest absolute Gasteiger partial charge is 0.459 e. The van der Waals surface area contributed by atoms with E-state index in [1.54, 1.807) is 53.9 Å². The Kier molecular flexibility index (Phi) is 20.2. The molecule has 3 aliphatic heterocycles. The van der Waals surface area contributed by atoms with Crippen LogP contribution in [0.4, 0.5) is 0 Å². The van der Waals surface area contributed by atoms with Crippen LogP contribution in [0.25, 0.3) is 0 Å². The number of nitrogens with zero attached hydrogens (tertiary/aromatic N) is 2. The molecule has 0 unspecified atom stereocenters. The van der Waals surface area contributed by atoms with Gasteiger partial charge in [0.05, 0.1) is 58.6 Å². The summed E-state index contributed by atoms with van der Waals surface area (Å²) in [5.74, 6) is -4.47. The van der Waals surface area contributed by atoms with Crippen molar-refractivity contribution in [2.24, 2.45) is 28.8 Å². The number of carbonyl (C=O) groups is 1. The van der Waals surface area contributed by atoms with Gasteiger partial charge in [0, 0.05) is 37.1 Å². The van der Waals surface area contributed by atoms with E-state index in [-0.39, 0.29) is 42.0 Å². The first-order chi connectivity index (χ1) is 32.0. The third-order valence-electron chi connectivity index (χ3n) is 14.4. The number of aryl methyl sites for hydroxylation is 1. The smallest absolute Gasteiger partial charge is 0.311 e. The lowest BCUT2D eigenvalue weighted by Gasteiger charge is -2.51. The van der Waals surface area contributed by atoms with Crippen molar-refractivity contribution in [2.45, 2.75) is 230 Å². The first kappa shape index (κ1) is 60.7. The SMILES string of the molecule is CC[C@H]1OC(=O)[C@H](C)[C@@H](O[C@H]2C[C@@](C)(OC)[C@@H](O[Si](C)(C)C)[C@H](C)O2)[C@H](C)[C@@H](O[C@H]2O[C@@H](C)C[C@@H](N(C)C)[C@@H]2O[Si](C)(C)C)[C@](C)(O)C[C@@H](C)/C(=N/NS(=O)(=O)c2ccc(C)cc2)[C@H](C)[C@@H](O)[C@]1(C)O. The molecule has 0 saturated carbocycles. The molecule has 0 radical (unpaired) electrons. The summed E-state index contributed by atoms with van der Waals surface area (Å²) < 4.78 is 81.0. The summed E-state index contributed by atoms with van der Waals surface area (Å²) in [5, 5.41) is 42.2. The van der Waals surface area contributed by atoms with Crippen molar-refractivity contribution >= 4 is 38.3 Å². The molecule has 3 aliphatic rings. The van der Waals surface area contributed by atoms with E-state index in [2.05, 4.69) is 54.1 Å². The van der Waals surface area contributed by atoms with Crippen molar-refractivity contribution in [3.05, 3.63) is 29.8 Å². The van der Waals surface area contributed by atoms with Gasteiger partial charge in [-0.1, -0.05) is 45.4 Å². The second-order valence-corrected chi connectivity index (χ2v) is 34.0. The maximum absolute atomic E-state index is 14.8. The van der Waals surface area contributed by atoms with Gasteiger partial charge >= 0.3 is 5.97 Å². The third-order valence-corrected chi connectivity index (χ3v) is 17.6. The van der Waals surface area contributed by atoms with Gasteiger partial charge < -0.3 is 57.5 Å².